The monoisotopic (exact) mass is 324 g/mol. The van der Waals surface area contributed by atoms with E-state index >= 15 is 0 Å². The molecule has 0 saturated carbocycles. The van der Waals surface area contributed by atoms with Crippen molar-refractivity contribution in [2.45, 2.75) is 6.04 Å². The van der Waals surface area contributed by atoms with Gasteiger partial charge >= 0.3 is 0 Å². The van der Waals surface area contributed by atoms with Gasteiger partial charge in [-0.15, -0.1) is 12.4 Å². The molecule has 0 aromatic heterocycles. The molecule has 1 aliphatic rings. The molecule has 0 amide bonds. The third-order valence-electron chi connectivity index (χ3n) is 2.31. The number of hydrogen-bond donors (Lipinski definition) is 2. The molecule has 1 atom stereocenters. The Labute approximate surface area is 104 Å². The lowest BCUT2D eigenvalue weighted by Crippen LogP contribution is -2.42. The molecule has 1 aromatic carbocycles. The summed E-state index contributed by atoms with van der Waals surface area (Å²) in [5.74, 6) is 0. The Kier molecular flexibility index (Phi) is 5.15. The summed E-state index contributed by atoms with van der Waals surface area (Å²) in [4.78, 5) is 0. The summed E-state index contributed by atoms with van der Waals surface area (Å²) in [6, 6.07) is 9.21. The fourth-order valence-electron chi connectivity index (χ4n) is 1.58. The lowest BCUT2D eigenvalue weighted by Gasteiger charge is -2.24. The zero-order valence-corrected chi connectivity index (χ0v) is 10.8. The molecular weight excluding hydrogens is 310 g/mol. The molecule has 1 fully saturated rings. The summed E-state index contributed by atoms with van der Waals surface area (Å²) in [6.45, 7) is 3.19. The number of piperazine rings is 1. The van der Waals surface area contributed by atoms with E-state index in [1.54, 1.807) is 0 Å². The molecule has 2 rings (SSSR count). The summed E-state index contributed by atoms with van der Waals surface area (Å²) < 4.78 is 1.30. The van der Waals surface area contributed by atoms with Crippen LogP contribution in [0.3, 0.4) is 0 Å². The molecule has 0 radical (unpaired) electrons. The molecule has 2 N–H and O–H groups in total. The van der Waals surface area contributed by atoms with Gasteiger partial charge in [-0.2, -0.15) is 0 Å². The van der Waals surface area contributed by atoms with Gasteiger partial charge in [0.25, 0.3) is 0 Å². The zero-order valence-electron chi connectivity index (χ0n) is 7.79. The lowest BCUT2D eigenvalue weighted by molar-refractivity contribution is 0.430. The molecule has 0 spiro atoms. The topological polar surface area (TPSA) is 24.1 Å². The lowest BCUT2D eigenvalue weighted by atomic mass is 10.1. The first-order valence-electron chi connectivity index (χ1n) is 4.56. The normalized spacial score (nSPS) is 21.4. The van der Waals surface area contributed by atoms with Crippen molar-refractivity contribution >= 4 is 35.0 Å². The van der Waals surface area contributed by atoms with Gasteiger partial charge in [0.1, 0.15) is 0 Å². The standard InChI is InChI=1S/C10H13IN2.ClH/c11-9-3-1-8(2-4-9)10-7-12-5-6-13-10;/h1-4,10,12-13H,5-7H2;1H/t10-;/m0./s1. The van der Waals surface area contributed by atoms with Crippen LogP contribution in [0.1, 0.15) is 11.6 Å². The Hall–Kier alpha value is 0.160. The van der Waals surface area contributed by atoms with Crippen LogP contribution < -0.4 is 10.6 Å². The van der Waals surface area contributed by atoms with E-state index in [9.17, 15) is 0 Å². The minimum absolute atomic E-state index is 0. The van der Waals surface area contributed by atoms with Crippen LogP contribution in [0.5, 0.6) is 0 Å². The molecule has 1 heterocycles. The van der Waals surface area contributed by atoms with Crippen molar-refractivity contribution < 1.29 is 0 Å². The van der Waals surface area contributed by atoms with Crippen LogP contribution in [0, 0.1) is 3.57 Å². The number of benzene rings is 1. The highest BCUT2D eigenvalue weighted by atomic mass is 127. The molecule has 0 aliphatic carbocycles. The molecule has 1 saturated heterocycles. The third kappa shape index (κ3) is 3.08. The maximum Gasteiger partial charge on any atom is 0.0447 e. The molecule has 0 bridgehead atoms. The smallest absolute Gasteiger partial charge is 0.0447 e. The van der Waals surface area contributed by atoms with E-state index in [4.69, 9.17) is 0 Å². The Balaban J connectivity index is 0.000000980. The van der Waals surface area contributed by atoms with Gasteiger partial charge in [0.2, 0.25) is 0 Å². The maximum atomic E-state index is 3.49. The van der Waals surface area contributed by atoms with E-state index in [-0.39, 0.29) is 12.4 Å². The highest BCUT2D eigenvalue weighted by molar-refractivity contribution is 14.1. The molecule has 1 aliphatic heterocycles. The molecular formula is C10H14ClIN2. The van der Waals surface area contributed by atoms with Crippen molar-refractivity contribution in [3.05, 3.63) is 33.4 Å². The summed E-state index contributed by atoms with van der Waals surface area (Å²) in [5, 5.41) is 6.87. The van der Waals surface area contributed by atoms with Crippen molar-refractivity contribution in [2.24, 2.45) is 0 Å². The highest BCUT2D eigenvalue weighted by Gasteiger charge is 2.13. The van der Waals surface area contributed by atoms with Crippen LogP contribution in [-0.4, -0.2) is 19.6 Å². The fraction of sp³-hybridized carbons (Fsp3) is 0.400. The van der Waals surface area contributed by atoms with Gasteiger partial charge in [-0.3, -0.25) is 0 Å². The van der Waals surface area contributed by atoms with Crippen molar-refractivity contribution in [2.75, 3.05) is 19.6 Å². The first-order valence-corrected chi connectivity index (χ1v) is 5.64. The second-order valence-electron chi connectivity index (χ2n) is 3.26. The SMILES string of the molecule is Cl.Ic1ccc([C@@H]2CNCCN2)cc1. The van der Waals surface area contributed by atoms with Gasteiger partial charge in [0, 0.05) is 29.2 Å². The van der Waals surface area contributed by atoms with Crippen molar-refractivity contribution in [1.82, 2.24) is 10.6 Å². The van der Waals surface area contributed by atoms with E-state index in [1.165, 1.54) is 9.13 Å². The maximum absolute atomic E-state index is 3.49. The Morgan fingerprint density at radius 1 is 1.14 bits per heavy atom. The van der Waals surface area contributed by atoms with Crippen LogP contribution in [0.4, 0.5) is 0 Å². The predicted molar refractivity (Wildman–Crippen MR) is 70.0 cm³/mol. The first-order chi connectivity index (χ1) is 6.36. The average molecular weight is 325 g/mol. The number of halogens is 2. The van der Waals surface area contributed by atoms with Gasteiger partial charge in [-0.05, 0) is 40.3 Å². The molecule has 2 nitrogen and oxygen atoms in total. The second-order valence-corrected chi connectivity index (χ2v) is 4.51. The Morgan fingerprint density at radius 2 is 1.86 bits per heavy atom. The summed E-state index contributed by atoms with van der Waals surface area (Å²) >= 11 is 2.33. The van der Waals surface area contributed by atoms with E-state index in [0.29, 0.717) is 6.04 Å². The third-order valence-corrected chi connectivity index (χ3v) is 3.03. The van der Waals surface area contributed by atoms with Crippen LogP contribution in [-0.2, 0) is 0 Å². The van der Waals surface area contributed by atoms with Crippen LogP contribution in [0.2, 0.25) is 0 Å². The Morgan fingerprint density at radius 3 is 2.43 bits per heavy atom. The second kappa shape index (κ2) is 5.90. The first kappa shape index (κ1) is 12.2. The molecule has 1 aromatic rings. The van der Waals surface area contributed by atoms with Gasteiger partial charge < -0.3 is 10.6 Å². The predicted octanol–water partition coefficient (Wildman–Crippen LogP) is 1.95. The quantitative estimate of drug-likeness (QED) is 0.772. The summed E-state index contributed by atoms with van der Waals surface area (Å²) in [5.41, 5.74) is 1.38. The number of rotatable bonds is 1. The largest absolute Gasteiger partial charge is 0.314 e. The minimum atomic E-state index is 0. The van der Waals surface area contributed by atoms with Crippen molar-refractivity contribution in [3.8, 4) is 0 Å². The molecule has 4 heteroatoms. The van der Waals surface area contributed by atoms with Crippen LogP contribution in [0.15, 0.2) is 24.3 Å². The highest BCUT2D eigenvalue weighted by Crippen LogP contribution is 2.15. The number of nitrogens with one attached hydrogen (secondary N) is 2. The van der Waals surface area contributed by atoms with Gasteiger partial charge in [-0.1, -0.05) is 12.1 Å². The van der Waals surface area contributed by atoms with Gasteiger partial charge in [-0.25, -0.2) is 0 Å². The number of hydrogen-bond acceptors (Lipinski definition) is 2. The van der Waals surface area contributed by atoms with Crippen LogP contribution in [0.25, 0.3) is 0 Å². The van der Waals surface area contributed by atoms with E-state index in [1.807, 2.05) is 0 Å². The average Bonchev–Trinajstić information content (AvgIpc) is 2.20. The van der Waals surface area contributed by atoms with E-state index in [2.05, 4.69) is 57.5 Å². The summed E-state index contributed by atoms with van der Waals surface area (Å²) in [6.07, 6.45) is 0. The molecule has 78 valence electrons. The minimum Gasteiger partial charge on any atom is -0.314 e. The van der Waals surface area contributed by atoms with Crippen molar-refractivity contribution in [1.29, 1.82) is 0 Å². The Bertz CT molecular complexity index is 270. The van der Waals surface area contributed by atoms with E-state index < -0.39 is 0 Å². The van der Waals surface area contributed by atoms with Crippen LogP contribution >= 0.6 is 35.0 Å². The molecule has 14 heavy (non-hydrogen) atoms. The molecule has 0 unspecified atom stereocenters. The zero-order chi connectivity index (χ0) is 9.10. The summed E-state index contributed by atoms with van der Waals surface area (Å²) in [7, 11) is 0. The van der Waals surface area contributed by atoms with Gasteiger partial charge in [0.15, 0.2) is 0 Å². The van der Waals surface area contributed by atoms with E-state index in [0.717, 1.165) is 19.6 Å². The van der Waals surface area contributed by atoms with Crippen molar-refractivity contribution in [3.63, 3.8) is 0 Å². The fourth-order valence-corrected chi connectivity index (χ4v) is 1.94. The van der Waals surface area contributed by atoms with Gasteiger partial charge in [0.05, 0.1) is 0 Å².